The molecule has 0 radical (unpaired) electrons. The van der Waals surface area contributed by atoms with Gasteiger partial charge in [0.15, 0.2) is 0 Å². The molecule has 0 aliphatic heterocycles. The zero-order valence-electron chi connectivity index (χ0n) is 4.91. The summed E-state index contributed by atoms with van der Waals surface area (Å²) in [5, 5.41) is 0. The van der Waals surface area contributed by atoms with Crippen LogP contribution in [0.25, 0.3) is 0 Å². The van der Waals surface area contributed by atoms with Gasteiger partial charge in [-0.15, -0.1) is 0 Å². The van der Waals surface area contributed by atoms with Gasteiger partial charge >= 0.3 is 0 Å². The van der Waals surface area contributed by atoms with Gasteiger partial charge in [0.25, 0.3) is 0 Å². The summed E-state index contributed by atoms with van der Waals surface area (Å²) < 4.78 is 0. The molecule has 0 aliphatic rings. The summed E-state index contributed by atoms with van der Waals surface area (Å²) in [6.45, 7) is 0. The van der Waals surface area contributed by atoms with Crippen LogP contribution in [0.1, 0.15) is 7.43 Å². The Morgan fingerprint density at radius 1 is 0.667 bits per heavy atom. The maximum atomic E-state index is 7.14. The minimum Gasteiger partial charge on any atom is -0.442 e. The summed E-state index contributed by atoms with van der Waals surface area (Å²) in [5.74, 6) is 0. The molecule has 9 heavy (non-hydrogen) atoms. The Kier molecular flexibility index (Phi) is 13.0. The third-order valence-electron chi connectivity index (χ3n) is 0.667. The summed E-state index contributed by atoms with van der Waals surface area (Å²) in [7, 11) is 0.306. The summed E-state index contributed by atoms with van der Waals surface area (Å²) in [5.41, 5.74) is 0. The van der Waals surface area contributed by atoms with Crippen molar-refractivity contribution in [1.82, 2.24) is 0 Å². The minimum atomic E-state index is 0. The van der Waals surface area contributed by atoms with E-state index in [0.717, 1.165) is 0 Å². The van der Waals surface area contributed by atoms with Crippen LogP contribution in [0, 0.1) is 0 Å². The Hall–Kier alpha value is -0.603. The number of hydrogen-bond acceptors (Lipinski definition) is 1. The molecule has 2 heteroatoms. The normalized spacial score (nSPS) is 6.33. The molecule has 52 valence electrons. The van der Waals surface area contributed by atoms with E-state index < -0.39 is 0 Å². The highest BCUT2D eigenvalue weighted by Crippen LogP contribution is 1.79. The first-order valence-electron chi connectivity index (χ1n) is 2.45. The van der Waals surface area contributed by atoms with Crippen LogP contribution >= 0.6 is 0 Å². The van der Waals surface area contributed by atoms with E-state index in [1.807, 2.05) is 36.4 Å². The third-order valence-corrected chi connectivity index (χ3v) is 0.667. The fraction of sp³-hybridized carbons (Fsp3) is 0.143. The molecule has 1 rings (SSSR count). The van der Waals surface area contributed by atoms with Gasteiger partial charge in [0.2, 0.25) is 0 Å². The van der Waals surface area contributed by atoms with E-state index in [1.54, 1.807) is 0 Å². The number of rotatable bonds is 0. The summed E-state index contributed by atoms with van der Waals surface area (Å²) in [6, 6.07) is 12.0. The predicted molar refractivity (Wildman–Crippen MR) is 45.3 cm³/mol. The molecule has 0 atom stereocenters. The summed E-state index contributed by atoms with van der Waals surface area (Å²) in [4.78, 5) is 7.14. The van der Waals surface area contributed by atoms with E-state index in [-0.39, 0.29) is 7.43 Å². The molecule has 1 nitrogen and oxygen atoms in total. The number of hydrogen-bond donors (Lipinski definition) is 1. The molecule has 0 fully saturated rings. The zero-order valence-corrected chi connectivity index (χ0v) is 6.91. The lowest BCUT2D eigenvalue weighted by molar-refractivity contribution is 0.629. The first-order valence-corrected chi connectivity index (χ1v) is 3.34. The maximum Gasteiger partial charge on any atom is 0.141 e. The molecule has 0 amide bonds. The molecule has 0 spiro atoms. The van der Waals surface area contributed by atoms with Gasteiger partial charge in [0.05, 0.1) is 0 Å². The Balaban J connectivity index is 0. The highest BCUT2D eigenvalue weighted by molar-refractivity contribution is 5.95. The van der Waals surface area contributed by atoms with Crippen molar-refractivity contribution in [3.05, 3.63) is 36.4 Å². The van der Waals surface area contributed by atoms with E-state index in [2.05, 4.69) is 0 Å². The van der Waals surface area contributed by atoms with Crippen molar-refractivity contribution < 1.29 is 4.80 Å². The minimum absolute atomic E-state index is 0. The van der Waals surface area contributed by atoms with Crippen molar-refractivity contribution >= 4 is 10.5 Å². The predicted octanol–water partition coefficient (Wildman–Crippen LogP) is 0.582. The van der Waals surface area contributed by atoms with Crippen LogP contribution in [-0.4, -0.2) is 15.3 Å². The molecule has 0 aliphatic carbocycles. The molecule has 0 bridgehead atoms. The monoisotopic (exact) mass is 142 g/mol. The maximum absolute atomic E-state index is 7.14. The zero-order chi connectivity index (χ0) is 6.24. The number of benzene rings is 1. The van der Waals surface area contributed by atoms with Crippen molar-refractivity contribution in [1.29, 1.82) is 0 Å². The molecule has 0 saturated carbocycles. The van der Waals surface area contributed by atoms with Gasteiger partial charge in [-0.3, -0.25) is 0 Å². The van der Waals surface area contributed by atoms with Gasteiger partial charge in [-0.1, -0.05) is 43.8 Å². The standard InChI is InChI=1S/C6H6.CH4.H4OSi/c1-2-4-6-5-3-1;;1-2/h1-6H;1H4;1H,2H3. The fourth-order valence-electron chi connectivity index (χ4n) is 0.385. The van der Waals surface area contributed by atoms with Crippen LogP contribution in [0.2, 0.25) is 0 Å². The highest BCUT2D eigenvalue weighted by atomic mass is 28.2. The van der Waals surface area contributed by atoms with Crippen molar-refractivity contribution in [3.8, 4) is 0 Å². The van der Waals surface area contributed by atoms with Gasteiger partial charge in [-0.05, 0) is 0 Å². The van der Waals surface area contributed by atoms with Gasteiger partial charge < -0.3 is 4.80 Å². The summed E-state index contributed by atoms with van der Waals surface area (Å²) >= 11 is 0. The SMILES string of the molecule is C.O[SiH3].c1ccccc1. The average Bonchev–Trinajstić information content (AvgIpc) is 1.96. The fourth-order valence-corrected chi connectivity index (χ4v) is 0.385. The van der Waals surface area contributed by atoms with Gasteiger partial charge in [-0.25, -0.2) is 0 Å². The topological polar surface area (TPSA) is 20.2 Å². The van der Waals surface area contributed by atoms with Crippen LogP contribution in [0.5, 0.6) is 0 Å². The second-order valence-corrected chi connectivity index (χ2v) is 1.15. The molecule has 0 saturated heterocycles. The van der Waals surface area contributed by atoms with Crippen molar-refractivity contribution in [2.75, 3.05) is 0 Å². The Labute approximate surface area is 59.9 Å². The van der Waals surface area contributed by atoms with Crippen LogP contribution < -0.4 is 0 Å². The van der Waals surface area contributed by atoms with Gasteiger partial charge in [-0.2, -0.15) is 0 Å². The Morgan fingerprint density at radius 2 is 0.778 bits per heavy atom. The van der Waals surface area contributed by atoms with E-state index in [4.69, 9.17) is 4.80 Å². The first kappa shape index (κ1) is 11.2. The lowest BCUT2D eigenvalue weighted by atomic mass is 10.4. The molecule has 1 aromatic rings. The van der Waals surface area contributed by atoms with Crippen molar-refractivity contribution in [2.24, 2.45) is 0 Å². The molecular formula is C7H14OSi. The molecule has 0 aromatic heterocycles. The van der Waals surface area contributed by atoms with E-state index in [0.29, 0.717) is 10.5 Å². The molecule has 1 aromatic carbocycles. The first-order chi connectivity index (χ1) is 4.00. The molecule has 0 heterocycles. The van der Waals surface area contributed by atoms with Crippen molar-refractivity contribution in [3.63, 3.8) is 0 Å². The van der Waals surface area contributed by atoms with Crippen molar-refractivity contribution in [2.45, 2.75) is 7.43 Å². The Bertz CT molecular complexity index is 80.8. The van der Waals surface area contributed by atoms with Gasteiger partial charge in [0.1, 0.15) is 10.5 Å². The van der Waals surface area contributed by atoms with Crippen LogP contribution in [0.3, 0.4) is 0 Å². The highest BCUT2D eigenvalue weighted by Gasteiger charge is 1.57. The van der Waals surface area contributed by atoms with E-state index in [9.17, 15) is 0 Å². The third kappa shape index (κ3) is 7.40. The van der Waals surface area contributed by atoms with Crippen LogP contribution in [0.15, 0.2) is 36.4 Å². The molecular weight excluding hydrogens is 128 g/mol. The lowest BCUT2D eigenvalue weighted by Crippen LogP contribution is -1.47. The molecule has 0 unspecified atom stereocenters. The second kappa shape index (κ2) is 10.4. The largest absolute Gasteiger partial charge is 0.442 e. The molecule has 1 N–H and O–H groups in total. The Morgan fingerprint density at radius 3 is 0.889 bits per heavy atom. The van der Waals surface area contributed by atoms with Crippen LogP contribution in [-0.2, 0) is 0 Å². The van der Waals surface area contributed by atoms with E-state index in [1.165, 1.54) is 0 Å². The van der Waals surface area contributed by atoms with Gasteiger partial charge in [0, 0.05) is 0 Å². The smallest absolute Gasteiger partial charge is 0.141 e. The van der Waals surface area contributed by atoms with E-state index >= 15 is 0 Å². The average molecular weight is 142 g/mol. The lowest BCUT2D eigenvalue weighted by Gasteiger charge is -1.69. The second-order valence-electron chi connectivity index (χ2n) is 1.15. The van der Waals surface area contributed by atoms with Crippen LogP contribution in [0.4, 0.5) is 0 Å². The summed E-state index contributed by atoms with van der Waals surface area (Å²) in [6.07, 6.45) is 0. The quantitative estimate of drug-likeness (QED) is 0.525.